The summed E-state index contributed by atoms with van der Waals surface area (Å²) < 4.78 is 5.79. The molecular formula is C22H31N5O2. The second-order valence-electron chi connectivity index (χ2n) is 7.95. The monoisotopic (exact) mass is 397 g/mol. The molecule has 0 unspecified atom stereocenters. The number of para-hydroxylation sites is 2. The molecule has 0 atom stereocenters. The van der Waals surface area contributed by atoms with Crippen LogP contribution in [0.3, 0.4) is 0 Å². The van der Waals surface area contributed by atoms with Crippen LogP contribution in [0.25, 0.3) is 0 Å². The lowest BCUT2D eigenvalue weighted by Crippen LogP contribution is -2.50. The molecule has 1 aromatic heterocycles. The minimum absolute atomic E-state index is 0.0450. The number of piperazine rings is 1. The van der Waals surface area contributed by atoms with E-state index in [1.807, 2.05) is 56.0 Å². The number of carbonyl (C=O) groups excluding carboxylic acids is 1. The molecule has 7 heteroatoms. The number of ether oxygens (including phenoxy) is 1. The van der Waals surface area contributed by atoms with E-state index in [4.69, 9.17) is 9.72 Å². The largest absolute Gasteiger partial charge is 0.489 e. The molecule has 7 nitrogen and oxygen atoms in total. The van der Waals surface area contributed by atoms with Crippen molar-refractivity contribution in [3.8, 4) is 5.75 Å². The fraction of sp³-hybridized carbons (Fsp3) is 0.500. The van der Waals surface area contributed by atoms with Crippen molar-refractivity contribution < 1.29 is 9.53 Å². The maximum atomic E-state index is 12.8. The molecule has 3 rings (SSSR count). The van der Waals surface area contributed by atoms with Gasteiger partial charge in [-0.3, -0.25) is 0 Å². The SMILES string of the molecule is Cc1cc(N2CCN(C(=O)Nc3ccccc3OC(C)C)CC2)nc(C(C)C)n1. The third-order valence-corrected chi connectivity index (χ3v) is 4.76. The van der Waals surface area contributed by atoms with Crippen molar-refractivity contribution in [2.75, 3.05) is 36.4 Å². The highest BCUT2D eigenvalue weighted by Crippen LogP contribution is 2.25. The fourth-order valence-corrected chi connectivity index (χ4v) is 3.25. The van der Waals surface area contributed by atoms with Crippen LogP contribution >= 0.6 is 0 Å². The standard InChI is InChI=1S/C22H31N5O2/c1-15(2)21-23-17(5)14-20(25-21)26-10-12-27(13-11-26)22(28)24-18-8-6-7-9-19(18)29-16(3)4/h6-9,14-16H,10-13H2,1-5H3,(H,24,28). The highest BCUT2D eigenvalue weighted by atomic mass is 16.5. The molecule has 1 saturated heterocycles. The molecule has 1 aromatic carbocycles. The lowest BCUT2D eigenvalue weighted by atomic mass is 10.2. The number of nitrogens with zero attached hydrogens (tertiary/aromatic N) is 4. The minimum Gasteiger partial charge on any atom is -0.489 e. The van der Waals surface area contributed by atoms with Crippen LogP contribution in [0.4, 0.5) is 16.3 Å². The number of hydrogen-bond donors (Lipinski definition) is 1. The smallest absolute Gasteiger partial charge is 0.322 e. The van der Waals surface area contributed by atoms with Gasteiger partial charge in [0, 0.05) is 43.9 Å². The van der Waals surface area contributed by atoms with Crippen molar-refractivity contribution >= 4 is 17.5 Å². The Labute approximate surface area is 173 Å². The molecule has 1 N–H and O–H groups in total. The number of rotatable bonds is 5. The Kier molecular flexibility index (Phi) is 6.56. The Morgan fingerprint density at radius 2 is 1.76 bits per heavy atom. The zero-order chi connectivity index (χ0) is 21.0. The highest BCUT2D eigenvalue weighted by molar-refractivity contribution is 5.91. The Morgan fingerprint density at radius 1 is 1.07 bits per heavy atom. The Hall–Kier alpha value is -2.83. The maximum Gasteiger partial charge on any atom is 0.322 e. The molecule has 156 valence electrons. The van der Waals surface area contributed by atoms with Gasteiger partial charge in [-0.2, -0.15) is 0 Å². The van der Waals surface area contributed by atoms with E-state index in [1.165, 1.54) is 0 Å². The van der Waals surface area contributed by atoms with E-state index in [1.54, 1.807) is 0 Å². The van der Waals surface area contributed by atoms with Gasteiger partial charge < -0.3 is 19.9 Å². The van der Waals surface area contributed by atoms with Crippen molar-refractivity contribution in [3.63, 3.8) is 0 Å². The summed E-state index contributed by atoms with van der Waals surface area (Å²) in [6.07, 6.45) is 0.0450. The van der Waals surface area contributed by atoms with Crippen LogP contribution in [0.2, 0.25) is 0 Å². The van der Waals surface area contributed by atoms with Crippen LogP contribution in [0.15, 0.2) is 30.3 Å². The van der Waals surface area contributed by atoms with E-state index in [2.05, 4.69) is 29.0 Å². The molecule has 2 heterocycles. The molecule has 0 bridgehead atoms. The molecule has 1 aliphatic rings. The first-order valence-electron chi connectivity index (χ1n) is 10.3. The first-order valence-corrected chi connectivity index (χ1v) is 10.3. The topological polar surface area (TPSA) is 70.6 Å². The lowest BCUT2D eigenvalue weighted by molar-refractivity contribution is 0.207. The minimum atomic E-state index is -0.105. The summed E-state index contributed by atoms with van der Waals surface area (Å²) in [4.78, 5) is 26.1. The van der Waals surface area contributed by atoms with Crippen molar-refractivity contribution in [2.45, 2.75) is 46.6 Å². The van der Waals surface area contributed by atoms with E-state index in [-0.39, 0.29) is 18.1 Å². The van der Waals surface area contributed by atoms with Crippen LogP contribution in [0, 0.1) is 6.92 Å². The molecule has 0 radical (unpaired) electrons. The van der Waals surface area contributed by atoms with Gasteiger partial charge in [0.2, 0.25) is 0 Å². The van der Waals surface area contributed by atoms with Crippen LogP contribution < -0.4 is 15.0 Å². The maximum absolute atomic E-state index is 12.8. The Morgan fingerprint density at radius 3 is 2.41 bits per heavy atom. The molecule has 0 saturated carbocycles. The Bertz CT molecular complexity index is 845. The van der Waals surface area contributed by atoms with E-state index in [0.717, 1.165) is 30.4 Å². The number of aromatic nitrogens is 2. The van der Waals surface area contributed by atoms with Gasteiger partial charge >= 0.3 is 6.03 Å². The second kappa shape index (κ2) is 9.11. The number of urea groups is 1. The molecule has 2 aromatic rings. The van der Waals surface area contributed by atoms with E-state index >= 15 is 0 Å². The summed E-state index contributed by atoms with van der Waals surface area (Å²) in [6.45, 7) is 12.9. The van der Waals surface area contributed by atoms with E-state index < -0.39 is 0 Å². The molecule has 1 fully saturated rings. The van der Waals surface area contributed by atoms with E-state index in [0.29, 0.717) is 24.5 Å². The molecule has 0 spiro atoms. The Balaban J connectivity index is 1.62. The number of benzene rings is 1. The first-order chi connectivity index (χ1) is 13.8. The highest BCUT2D eigenvalue weighted by Gasteiger charge is 2.23. The summed E-state index contributed by atoms with van der Waals surface area (Å²) in [5.41, 5.74) is 1.67. The van der Waals surface area contributed by atoms with Crippen LogP contribution in [-0.2, 0) is 0 Å². The summed E-state index contributed by atoms with van der Waals surface area (Å²) in [6, 6.07) is 9.44. The summed E-state index contributed by atoms with van der Waals surface area (Å²) >= 11 is 0. The molecule has 2 amide bonds. The number of amides is 2. The predicted molar refractivity (Wildman–Crippen MR) is 116 cm³/mol. The van der Waals surface area contributed by atoms with Crippen molar-refractivity contribution in [3.05, 3.63) is 41.9 Å². The summed E-state index contributed by atoms with van der Waals surface area (Å²) in [5.74, 6) is 2.78. The summed E-state index contributed by atoms with van der Waals surface area (Å²) in [7, 11) is 0. The molecule has 29 heavy (non-hydrogen) atoms. The average Bonchev–Trinajstić information content (AvgIpc) is 2.68. The van der Waals surface area contributed by atoms with Gasteiger partial charge in [0.15, 0.2) is 0 Å². The lowest BCUT2D eigenvalue weighted by Gasteiger charge is -2.35. The number of nitrogens with one attached hydrogen (secondary N) is 1. The summed E-state index contributed by atoms with van der Waals surface area (Å²) in [5, 5.41) is 2.99. The molecule has 0 aliphatic carbocycles. The number of carbonyl (C=O) groups is 1. The van der Waals surface area contributed by atoms with Crippen LogP contribution in [-0.4, -0.2) is 53.2 Å². The van der Waals surface area contributed by atoms with Crippen molar-refractivity contribution in [2.24, 2.45) is 0 Å². The number of anilines is 2. The van der Waals surface area contributed by atoms with Gasteiger partial charge in [-0.25, -0.2) is 14.8 Å². The van der Waals surface area contributed by atoms with Gasteiger partial charge in [-0.1, -0.05) is 26.0 Å². The van der Waals surface area contributed by atoms with Gasteiger partial charge in [0.1, 0.15) is 17.4 Å². The number of hydrogen-bond acceptors (Lipinski definition) is 5. The van der Waals surface area contributed by atoms with Gasteiger partial charge in [0.05, 0.1) is 11.8 Å². The fourth-order valence-electron chi connectivity index (χ4n) is 3.25. The van der Waals surface area contributed by atoms with Gasteiger partial charge in [0.25, 0.3) is 0 Å². The normalized spacial score (nSPS) is 14.4. The zero-order valence-electron chi connectivity index (χ0n) is 18.0. The average molecular weight is 398 g/mol. The number of aryl methyl sites for hydroxylation is 1. The third-order valence-electron chi connectivity index (χ3n) is 4.76. The molecule has 1 aliphatic heterocycles. The zero-order valence-corrected chi connectivity index (χ0v) is 18.0. The third kappa shape index (κ3) is 5.37. The van der Waals surface area contributed by atoms with Crippen LogP contribution in [0.5, 0.6) is 5.75 Å². The van der Waals surface area contributed by atoms with Gasteiger partial charge in [-0.05, 0) is 32.9 Å². The quantitative estimate of drug-likeness (QED) is 0.824. The second-order valence-corrected chi connectivity index (χ2v) is 7.95. The first kappa shape index (κ1) is 20.9. The van der Waals surface area contributed by atoms with Crippen LogP contribution in [0.1, 0.15) is 45.1 Å². The van der Waals surface area contributed by atoms with Gasteiger partial charge in [-0.15, -0.1) is 0 Å². The van der Waals surface area contributed by atoms with E-state index in [9.17, 15) is 4.79 Å². The predicted octanol–water partition coefficient (Wildman–Crippen LogP) is 4.05. The molecular weight excluding hydrogens is 366 g/mol. The van der Waals surface area contributed by atoms with Crippen molar-refractivity contribution in [1.29, 1.82) is 0 Å². The van der Waals surface area contributed by atoms with Crippen molar-refractivity contribution in [1.82, 2.24) is 14.9 Å².